The van der Waals surface area contributed by atoms with E-state index in [4.69, 9.17) is 67.4 Å². The van der Waals surface area contributed by atoms with Crippen molar-refractivity contribution < 1.29 is 0 Å². The number of nitriles is 2. The van der Waals surface area contributed by atoms with Crippen LogP contribution in [0.1, 0.15) is 19.8 Å². The highest BCUT2D eigenvalue weighted by molar-refractivity contribution is 8.26. The molecule has 0 aliphatic rings. The number of hydrogen-bond donors (Lipinski definition) is 0. The Morgan fingerprint density at radius 2 is 1.62 bits per heavy atom. The lowest BCUT2D eigenvalue weighted by Crippen LogP contribution is -2.35. The van der Waals surface area contributed by atoms with Gasteiger partial charge in [-0.05, 0) is 40.1 Å². The van der Waals surface area contributed by atoms with E-state index in [2.05, 4.69) is 4.74 Å². The molecule has 0 atom stereocenters. The Kier molecular flexibility index (Phi) is 6.26. The van der Waals surface area contributed by atoms with Crippen LogP contribution in [0.5, 0.6) is 0 Å². The summed E-state index contributed by atoms with van der Waals surface area (Å²) in [4.78, 5) is 0. The molecule has 0 rings (SSSR count). The second-order valence-electron chi connectivity index (χ2n) is 2.94. The van der Waals surface area contributed by atoms with E-state index in [1.54, 1.807) is 19.1 Å². The molecule has 16 heavy (non-hydrogen) atoms. The topological polar surface area (TPSA) is 59.9 Å². The first kappa shape index (κ1) is 16.7. The third-order valence-electron chi connectivity index (χ3n) is 1.76. The van der Waals surface area contributed by atoms with Crippen molar-refractivity contribution in [1.29, 1.82) is 10.5 Å². The second-order valence-corrected chi connectivity index (χ2v) is 11.2. The van der Waals surface area contributed by atoms with Gasteiger partial charge in [0.05, 0.1) is 12.1 Å². The molecule has 0 aliphatic heterocycles. The SMILES string of the molecule is CCCC(C#N)(C#N)C(Cl)(Cl)N=P(Cl)(Cl)Cl. The van der Waals surface area contributed by atoms with E-state index in [9.17, 15) is 0 Å². The summed E-state index contributed by atoms with van der Waals surface area (Å²) in [5.74, 6) is 0. The highest BCUT2D eigenvalue weighted by Crippen LogP contribution is 2.68. The van der Waals surface area contributed by atoms with Gasteiger partial charge in [-0.1, -0.05) is 36.5 Å². The highest BCUT2D eigenvalue weighted by Gasteiger charge is 2.51. The molecule has 0 radical (unpaired) electrons. The predicted molar refractivity (Wildman–Crippen MR) is 69.9 cm³/mol. The van der Waals surface area contributed by atoms with Crippen LogP contribution in [-0.2, 0) is 0 Å². The third-order valence-corrected chi connectivity index (χ3v) is 4.02. The maximum atomic E-state index is 9.02. The van der Waals surface area contributed by atoms with Crippen molar-refractivity contribution in [3.05, 3.63) is 0 Å². The van der Waals surface area contributed by atoms with Gasteiger partial charge in [0.25, 0.3) is 0 Å². The molecule has 3 nitrogen and oxygen atoms in total. The molecule has 0 saturated heterocycles. The van der Waals surface area contributed by atoms with Crippen LogP contribution in [0.3, 0.4) is 0 Å². The van der Waals surface area contributed by atoms with Gasteiger partial charge in [-0.15, -0.1) is 0 Å². The molecule has 0 amide bonds. The lowest BCUT2D eigenvalue weighted by molar-refractivity contribution is 0.422. The van der Waals surface area contributed by atoms with Crippen molar-refractivity contribution in [1.82, 2.24) is 0 Å². The molecule has 0 spiro atoms. The molecule has 0 saturated carbocycles. The Morgan fingerprint density at radius 1 is 1.19 bits per heavy atom. The van der Waals surface area contributed by atoms with E-state index in [1.807, 2.05) is 0 Å². The molecular weight excluding hydrogens is 334 g/mol. The fourth-order valence-corrected chi connectivity index (χ4v) is 4.24. The zero-order chi connectivity index (χ0) is 13.0. The Hall–Kier alpha value is 0.660. The minimum absolute atomic E-state index is 0.140. The van der Waals surface area contributed by atoms with Crippen molar-refractivity contribution in [3.63, 3.8) is 0 Å². The van der Waals surface area contributed by atoms with Crippen LogP contribution in [0, 0.1) is 28.1 Å². The van der Waals surface area contributed by atoms with E-state index < -0.39 is 15.0 Å². The van der Waals surface area contributed by atoms with Crippen molar-refractivity contribution in [2.75, 3.05) is 0 Å². The smallest absolute Gasteiger partial charge is 0.219 e. The van der Waals surface area contributed by atoms with Gasteiger partial charge in [0, 0.05) is 0 Å². The Morgan fingerprint density at radius 3 is 1.88 bits per heavy atom. The maximum absolute atomic E-state index is 9.02. The Bertz CT molecular complexity index is 366. The van der Waals surface area contributed by atoms with Crippen LogP contribution in [0.15, 0.2) is 4.74 Å². The highest BCUT2D eigenvalue weighted by atomic mass is 36.0. The minimum Gasteiger partial charge on any atom is -0.219 e. The van der Waals surface area contributed by atoms with Crippen LogP contribution >= 0.6 is 62.0 Å². The first-order valence-corrected chi connectivity index (χ1v) is 9.28. The fraction of sp³-hybridized carbons (Fsp3) is 0.714. The summed E-state index contributed by atoms with van der Waals surface area (Å²) in [6.07, 6.45) is 0.664. The molecule has 90 valence electrons. The van der Waals surface area contributed by atoms with Gasteiger partial charge in [-0.2, -0.15) is 10.5 Å². The molecule has 0 aliphatic carbocycles. The average molecular weight is 341 g/mol. The summed E-state index contributed by atoms with van der Waals surface area (Å²) >= 11 is 28.3. The van der Waals surface area contributed by atoms with E-state index in [1.165, 1.54) is 0 Å². The zero-order valence-electron chi connectivity index (χ0n) is 8.09. The summed E-state index contributed by atoms with van der Waals surface area (Å²) in [7, 11) is 0. The van der Waals surface area contributed by atoms with Crippen LogP contribution in [0.25, 0.3) is 0 Å². The molecule has 0 heterocycles. The van der Waals surface area contributed by atoms with E-state index in [0.29, 0.717) is 6.42 Å². The second kappa shape index (κ2) is 6.01. The fourth-order valence-electron chi connectivity index (χ4n) is 1.02. The first-order valence-electron chi connectivity index (χ1n) is 4.07. The monoisotopic (exact) mass is 339 g/mol. The molecule has 0 bridgehead atoms. The summed E-state index contributed by atoms with van der Waals surface area (Å²) in [6.45, 7) is 1.78. The maximum Gasteiger partial charge on any atom is 0.241 e. The predicted octanol–water partition coefficient (Wildman–Crippen LogP) is 5.61. The van der Waals surface area contributed by atoms with Crippen LogP contribution < -0.4 is 0 Å². The molecule has 0 N–H and O–H groups in total. The van der Waals surface area contributed by atoms with Gasteiger partial charge in [-0.25, -0.2) is 4.74 Å². The van der Waals surface area contributed by atoms with Gasteiger partial charge in [0.1, 0.15) is 0 Å². The number of nitrogens with zero attached hydrogens (tertiary/aromatic N) is 3. The molecule has 0 aromatic rings. The molecule has 0 aromatic heterocycles. The molecule has 0 aromatic carbocycles. The number of rotatable bonds is 4. The molecule has 0 fully saturated rings. The van der Waals surface area contributed by atoms with Gasteiger partial charge in [-0.3, -0.25) is 0 Å². The van der Waals surface area contributed by atoms with Gasteiger partial charge in [0.2, 0.25) is 9.57 Å². The quantitative estimate of drug-likeness (QED) is 0.379. The molecule has 0 unspecified atom stereocenters. The molecular formula is C7H7Cl5N3P. The molecule has 9 heteroatoms. The van der Waals surface area contributed by atoms with Crippen LogP contribution in [0.2, 0.25) is 0 Å². The first-order chi connectivity index (χ1) is 7.14. The number of alkyl halides is 2. The minimum atomic E-state index is -3.21. The summed E-state index contributed by atoms with van der Waals surface area (Å²) in [5.41, 5.74) is -1.71. The van der Waals surface area contributed by atoms with Gasteiger partial charge >= 0.3 is 0 Å². The van der Waals surface area contributed by atoms with Crippen LogP contribution in [-0.4, -0.2) is 4.46 Å². The van der Waals surface area contributed by atoms with Crippen molar-refractivity contribution in [3.8, 4) is 12.1 Å². The van der Waals surface area contributed by atoms with Crippen molar-refractivity contribution >= 4 is 62.0 Å². The number of halogens is 5. The van der Waals surface area contributed by atoms with Gasteiger partial charge in [0.15, 0.2) is 5.41 Å². The van der Waals surface area contributed by atoms with E-state index in [-0.39, 0.29) is 6.42 Å². The Labute approximate surface area is 119 Å². The van der Waals surface area contributed by atoms with E-state index in [0.717, 1.165) is 0 Å². The van der Waals surface area contributed by atoms with Crippen LogP contribution in [0.4, 0.5) is 0 Å². The lowest BCUT2D eigenvalue weighted by atomic mass is 9.86. The summed E-state index contributed by atoms with van der Waals surface area (Å²) < 4.78 is 1.52. The summed E-state index contributed by atoms with van der Waals surface area (Å²) in [6, 6.07) is 3.50. The largest absolute Gasteiger partial charge is 0.241 e. The van der Waals surface area contributed by atoms with Crippen molar-refractivity contribution in [2.45, 2.75) is 24.2 Å². The summed E-state index contributed by atoms with van der Waals surface area (Å²) in [5, 5.41) is 14.8. The standard InChI is InChI=1S/C7H7Cl5N3P/c1-2-3-6(4-13,5-14)7(8,9)15-16(10,11)12/h2-3H2,1H3. The lowest BCUT2D eigenvalue weighted by Gasteiger charge is -2.28. The van der Waals surface area contributed by atoms with Gasteiger partial charge < -0.3 is 0 Å². The number of hydrogen-bond acceptors (Lipinski definition) is 3. The van der Waals surface area contributed by atoms with E-state index >= 15 is 0 Å². The normalized spacial score (nSPS) is 12.8. The van der Waals surface area contributed by atoms with Crippen molar-refractivity contribution in [2.24, 2.45) is 10.2 Å². The third kappa shape index (κ3) is 4.15. The Balaban J connectivity index is 5.59. The average Bonchev–Trinajstić information content (AvgIpc) is 2.09. The zero-order valence-corrected chi connectivity index (χ0v) is 12.8.